The summed E-state index contributed by atoms with van der Waals surface area (Å²) in [6.45, 7) is 0.0112. The number of benzene rings is 2. The standard InChI is InChI=1S/C22H21FN2O5/c23-16-2-1-3-17(9-16)29-12-19(26)15-6-7-20-18(8-15)25(22(28)13-30-20)11-21(27)24-10-14-4-5-14/h1-3,6-9,14H,4-5,10-13H2,(H,24,27). The number of halogens is 1. The van der Waals surface area contributed by atoms with Crippen molar-refractivity contribution in [3.8, 4) is 11.5 Å². The van der Waals surface area contributed by atoms with Crippen molar-refractivity contribution in [1.82, 2.24) is 5.32 Å². The second-order valence-corrected chi connectivity index (χ2v) is 7.37. The number of hydrogen-bond acceptors (Lipinski definition) is 5. The second-order valence-electron chi connectivity index (χ2n) is 7.37. The van der Waals surface area contributed by atoms with Gasteiger partial charge >= 0.3 is 0 Å². The van der Waals surface area contributed by atoms with E-state index in [0.29, 0.717) is 29.5 Å². The molecular formula is C22H21FN2O5. The lowest BCUT2D eigenvalue weighted by molar-refractivity contribution is -0.125. The normalized spacial score (nSPS) is 15.2. The van der Waals surface area contributed by atoms with Crippen LogP contribution in [0.2, 0.25) is 0 Å². The molecule has 0 radical (unpaired) electrons. The van der Waals surface area contributed by atoms with Crippen LogP contribution in [0.15, 0.2) is 42.5 Å². The summed E-state index contributed by atoms with van der Waals surface area (Å²) in [6, 6.07) is 10.2. The van der Waals surface area contributed by atoms with Crippen LogP contribution >= 0.6 is 0 Å². The van der Waals surface area contributed by atoms with Gasteiger partial charge in [-0.2, -0.15) is 0 Å². The highest BCUT2D eigenvalue weighted by atomic mass is 19.1. The maximum atomic E-state index is 13.2. The highest BCUT2D eigenvalue weighted by Crippen LogP contribution is 2.33. The molecule has 1 heterocycles. The molecule has 0 unspecified atom stereocenters. The van der Waals surface area contributed by atoms with E-state index in [1.54, 1.807) is 18.2 Å². The Balaban J connectivity index is 1.45. The average molecular weight is 412 g/mol. The molecule has 1 aliphatic heterocycles. The average Bonchev–Trinajstić information content (AvgIpc) is 3.57. The molecule has 0 saturated heterocycles. The number of nitrogens with zero attached hydrogens (tertiary/aromatic N) is 1. The fourth-order valence-corrected chi connectivity index (χ4v) is 3.12. The van der Waals surface area contributed by atoms with Crippen molar-refractivity contribution in [2.75, 3.05) is 31.2 Å². The Morgan fingerprint density at radius 1 is 1.20 bits per heavy atom. The van der Waals surface area contributed by atoms with Crippen LogP contribution in [-0.4, -0.2) is 43.9 Å². The van der Waals surface area contributed by atoms with E-state index in [-0.39, 0.29) is 43.1 Å². The number of carbonyl (C=O) groups is 3. The molecule has 1 N–H and O–H groups in total. The van der Waals surface area contributed by atoms with Gasteiger partial charge in [-0.1, -0.05) is 6.07 Å². The maximum Gasteiger partial charge on any atom is 0.265 e. The van der Waals surface area contributed by atoms with Crippen LogP contribution in [0, 0.1) is 11.7 Å². The first-order valence-electron chi connectivity index (χ1n) is 9.75. The molecule has 2 amide bonds. The summed E-state index contributed by atoms with van der Waals surface area (Å²) >= 11 is 0. The lowest BCUT2D eigenvalue weighted by Gasteiger charge is -2.29. The number of nitrogens with one attached hydrogen (secondary N) is 1. The molecule has 0 spiro atoms. The summed E-state index contributed by atoms with van der Waals surface area (Å²) in [5.74, 6) is -0.220. The first kappa shape index (κ1) is 19.9. The predicted octanol–water partition coefficient (Wildman–Crippen LogP) is 2.34. The fraction of sp³-hybridized carbons (Fsp3) is 0.318. The third kappa shape index (κ3) is 4.76. The Morgan fingerprint density at radius 2 is 2.03 bits per heavy atom. The van der Waals surface area contributed by atoms with Gasteiger partial charge in [0.25, 0.3) is 5.91 Å². The Bertz CT molecular complexity index is 989. The van der Waals surface area contributed by atoms with Crippen molar-refractivity contribution in [3.05, 3.63) is 53.8 Å². The number of carbonyl (C=O) groups excluding carboxylic acids is 3. The van der Waals surface area contributed by atoms with Gasteiger partial charge in [-0.15, -0.1) is 0 Å². The highest BCUT2D eigenvalue weighted by molar-refractivity contribution is 6.04. The van der Waals surface area contributed by atoms with Crippen LogP contribution in [0.4, 0.5) is 10.1 Å². The van der Waals surface area contributed by atoms with Crippen LogP contribution in [0.1, 0.15) is 23.2 Å². The zero-order valence-electron chi connectivity index (χ0n) is 16.2. The number of rotatable bonds is 8. The highest BCUT2D eigenvalue weighted by Gasteiger charge is 2.29. The van der Waals surface area contributed by atoms with Crippen LogP contribution < -0.4 is 19.7 Å². The Labute approximate surface area is 172 Å². The van der Waals surface area contributed by atoms with Crippen molar-refractivity contribution in [2.45, 2.75) is 12.8 Å². The van der Waals surface area contributed by atoms with Crippen molar-refractivity contribution >= 4 is 23.3 Å². The van der Waals surface area contributed by atoms with E-state index in [4.69, 9.17) is 9.47 Å². The second kappa shape index (κ2) is 8.52. The van der Waals surface area contributed by atoms with Crippen molar-refractivity contribution in [3.63, 3.8) is 0 Å². The summed E-state index contributed by atoms with van der Waals surface area (Å²) in [4.78, 5) is 38.4. The summed E-state index contributed by atoms with van der Waals surface area (Å²) < 4.78 is 24.0. The number of ether oxygens (including phenoxy) is 2. The minimum atomic E-state index is -0.458. The first-order chi connectivity index (χ1) is 14.5. The van der Waals surface area contributed by atoms with E-state index in [9.17, 15) is 18.8 Å². The quantitative estimate of drug-likeness (QED) is 0.673. The molecule has 2 aromatic carbocycles. The van der Waals surface area contributed by atoms with E-state index < -0.39 is 5.82 Å². The number of Topliss-reactive ketones (excluding diaryl/α,β-unsaturated/α-hetero) is 1. The monoisotopic (exact) mass is 412 g/mol. The van der Waals surface area contributed by atoms with Gasteiger partial charge in [-0.25, -0.2) is 4.39 Å². The summed E-state index contributed by atoms with van der Waals surface area (Å²) in [5.41, 5.74) is 0.663. The summed E-state index contributed by atoms with van der Waals surface area (Å²) in [5, 5.41) is 2.83. The fourth-order valence-electron chi connectivity index (χ4n) is 3.12. The molecular weight excluding hydrogens is 391 g/mol. The van der Waals surface area contributed by atoms with Crippen LogP contribution in [-0.2, 0) is 9.59 Å². The van der Waals surface area contributed by atoms with Gasteiger partial charge in [-0.05, 0) is 49.1 Å². The molecule has 2 aliphatic rings. The molecule has 1 fully saturated rings. The first-order valence-corrected chi connectivity index (χ1v) is 9.75. The number of fused-ring (bicyclic) bond motifs is 1. The van der Waals surface area contributed by atoms with Gasteiger partial charge in [0.1, 0.15) is 23.9 Å². The number of ketones is 1. The SMILES string of the molecule is O=C(CN1C(=O)COc2ccc(C(=O)COc3cccc(F)c3)cc21)NCC1CC1. The van der Waals surface area contributed by atoms with Crippen LogP contribution in [0.5, 0.6) is 11.5 Å². The molecule has 7 nitrogen and oxygen atoms in total. The number of hydrogen-bond donors (Lipinski definition) is 1. The molecule has 30 heavy (non-hydrogen) atoms. The van der Waals surface area contributed by atoms with E-state index in [2.05, 4.69) is 5.32 Å². The molecule has 0 atom stereocenters. The molecule has 0 bridgehead atoms. The molecule has 2 aromatic rings. The van der Waals surface area contributed by atoms with Gasteiger partial charge in [0.15, 0.2) is 19.0 Å². The van der Waals surface area contributed by atoms with Gasteiger partial charge in [0, 0.05) is 18.2 Å². The Hall–Kier alpha value is -3.42. The molecule has 0 aromatic heterocycles. The molecule has 4 rings (SSSR count). The minimum absolute atomic E-state index is 0.140. The van der Waals surface area contributed by atoms with Gasteiger partial charge in [-0.3, -0.25) is 19.3 Å². The predicted molar refractivity (Wildman–Crippen MR) is 106 cm³/mol. The zero-order chi connectivity index (χ0) is 21.1. The van der Waals surface area contributed by atoms with E-state index in [1.165, 1.54) is 29.2 Å². The Kier molecular flexibility index (Phi) is 5.65. The van der Waals surface area contributed by atoms with E-state index in [1.807, 2.05) is 0 Å². The van der Waals surface area contributed by atoms with Crippen LogP contribution in [0.25, 0.3) is 0 Å². The molecule has 1 saturated carbocycles. The molecule has 156 valence electrons. The lowest BCUT2D eigenvalue weighted by Crippen LogP contribution is -2.45. The van der Waals surface area contributed by atoms with Gasteiger partial charge in [0.05, 0.1) is 5.69 Å². The third-order valence-corrected chi connectivity index (χ3v) is 4.98. The minimum Gasteiger partial charge on any atom is -0.485 e. The smallest absolute Gasteiger partial charge is 0.265 e. The zero-order valence-corrected chi connectivity index (χ0v) is 16.2. The largest absolute Gasteiger partial charge is 0.485 e. The van der Waals surface area contributed by atoms with Crippen LogP contribution in [0.3, 0.4) is 0 Å². The molecule has 1 aliphatic carbocycles. The number of amides is 2. The maximum absolute atomic E-state index is 13.2. The number of anilines is 1. The van der Waals surface area contributed by atoms with E-state index >= 15 is 0 Å². The van der Waals surface area contributed by atoms with Crippen molar-refractivity contribution < 1.29 is 28.2 Å². The van der Waals surface area contributed by atoms with Gasteiger partial charge in [0.2, 0.25) is 5.91 Å². The summed E-state index contributed by atoms with van der Waals surface area (Å²) in [7, 11) is 0. The van der Waals surface area contributed by atoms with E-state index in [0.717, 1.165) is 12.8 Å². The van der Waals surface area contributed by atoms with Gasteiger partial charge < -0.3 is 14.8 Å². The molecule has 8 heteroatoms. The topological polar surface area (TPSA) is 84.9 Å². The third-order valence-electron chi connectivity index (χ3n) is 4.98. The van der Waals surface area contributed by atoms with Crippen molar-refractivity contribution in [1.29, 1.82) is 0 Å². The Morgan fingerprint density at radius 3 is 2.80 bits per heavy atom. The lowest BCUT2D eigenvalue weighted by atomic mass is 10.1. The van der Waals surface area contributed by atoms with Crippen molar-refractivity contribution in [2.24, 2.45) is 5.92 Å². The summed E-state index contributed by atoms with van der Waals surface area (Å²) in [6.07, 6.45) is 2.23.